The van der Waals surface area contributed by atoms with Crippen LogP contribution in [-0.4, -0.2) is 64.1 Å². The predicted molar refractivity (Wildman–Crippen MR) is 105 cm³/mol. The molecule has 3 rings (SSSR count). The molecule has 0 aromatic heterocycles. The number of carbonyl (C=O) groups excluding carboxylic acids is 2. The number of rotatable bonds is 7. The molecule has 1 fully saturated rings. The van der Waals surface area contributed by atoms with Crippen LogP contribution in [0.1, 0.15) is 49.0 Å². The van der Waals surface area contributed by atoms with Crippen LogP contribution >= 0.6 is 0 Å². The minimum absolute atomic E-state index is 0.127. The van der Waals surface area contributed by atoms with E-state index >= 15 is 0 Å². The zero-order chi connectivity index (χ0) is 21.1. The molecule has 0 spiro atoms. The molecule has 8 nitrogen and oxygen atoms in total. The number of carbonyl (C=O) groups is 2. The number of phenolic OH excluding ortho intramolecular Hbond substituents is 1. The standard InChI is InChI=1S/C21H30N2O6/c1-11(2)9-14(23-20(27)19(26)18(25)13-6-4-8-22-13)16-10-12-5-3-7-15(24)17(12)21(28)29-16/h3,5,7,11,13-14,16,18-19,22,24-26H,4,6,8-10H2,1-2H3,(H,23,27)/t13-,14-,16+,18+,19+/m1/s1. The quantitative estimate of drug-likeness (QED) is 0.417. The number of fused-ring (bicyclic) bond motifs is 1. The number of nitrogens with one attached hydrogen (secondary N) is 2. The van der Waals surface area contributed by atoms with Gasteiger partial charge in [0.15, 0.2) is 6.10 Å². The number of cyclic esters (lactones) is 1. The molecule has 160 valence electrons. The summed E-state index contributed by atoms with van der Waals surface area (Å²) in [5, 5.41) is 36.4. The largest absolute Gasteiger partial charge is 0.507 e. The fourth-order valence-corrected chi connectivity index (χ4v) is 4.13. The lowest BCUT2D eigenvalue weighted by molar-refractivity contribution is -0.138. The van der Waals surface area contributed by atoms with Gasteiger partial charge in [-0.1, -0.05) is 26.0 Å². The molecule has 5 N–H and O–H groups in total. The third-order valence-electron chi connectivity index (χ3n) is 5.62. The molecular formula is C21H30N2O6. The summed E-state index contributed by atoms with van der Waals surface area (Å²) < 4.78 is 5.53. The molecule has 0 unspecified atom stereocenters. The van der Waals surface area contributed by atoms with Crippen LogP contribution in [0, 0.1) is 5.92 Å². The highest BCUT2D eigenvalue weighted by molar-refractivity contribution is 5.95. The number of hydrogen-bond donors (Lipinski definition) is 5. The number of hydrogen-bond acceptors (Lipinski definition) is 7. The van der Waals surface area contributed by atoms with Crippen LogP contribution in [0.5, 0.6) is 5.75 Å². The van der Waals surface area contributed by atoms with E-state index in [-0.39, 0.29) is 23.3 Å². The lowest BCUT2D eigenvalue weighted by Crippen LogP contribution is -2.55. The molecule has 1 aromatic carbocycles. The van der Waals surface area contributed by atoms with E-state index in [1.54, 1.807) is 12.1 Å². The van der Waals surface area contributed by atoms with Crippen molar-refractivity contribution in [2.45, 2.75) is 69.9 Å². The van der Waals surface area contributed by atoms with Crippen LogP contribution in [-0.2, 0) is 16.0 Å². The molecule has 0 bridgehead atoms. The maximum absolute atomic E-state index is 12.6. The van der Waals surface area contributed by atoms with Crippen molar-refractivity contribution in [2.75, 3.05) is 6.54 Å². The van der Waals surface area contributed by atoms with Gasteiger partial charge in [-0.05, 0) is 43.4 Å². The van der Waals surface area contributed by atoms with E-state index in [0.717, 1.165) is 13.0 Å². The van der Waals surface area contributed by atoms with E-state index in [9.17, 15) is 24.9 Å². The number of aromatic hydroxyl groups is 1. The van der Waals surface area contributed by atoms with Crippen molar-refractivity contribution in [3.05, 3.63) is 29.3 Å². The normalized spacial score (nSPS) is 24.5. The Bertz CT molecular complexity index is 747. The molecule has 5 atom stereocenters. The summed E-state index contributed by atoms with van der Waals surface area (Å²) in [6.07, 6.45) is -0.951. The van der Waals surface area contributed by atoms with Gasteiger partial charge in [-0.3, -0.25) is 4.79 Å². The first-order valence-electron chi connectivity index (χ1n) is 10.2. The zero-order valence-electron chi connectivity index (χ0n) is 16.8. The Hall–Kier alpha value is -2.16. The number of aliphatic hydroxyl groups is 2. The number of ether oxygens (including phenoxy) is 1. The van der Waals surface area contributed by atoms with Gasteiger partial charge in [0.2, 0.25) is 0 Å². The van der Waals surface area contributed by atoms with Gasteiger partial charge >= 0.3 is 5.97 Å². The van der Waals surface area contributed by atoms with Crippen molar-refractivity contribution in [2.24, 2.45) is 5.92 Å². The molecule has 1 saturated heterocycles. The van der Waals surface area contributed by atoms with E-state index in [4.69, 9.17) is 4.74 Å². The van der Waals surface area contributed by atoms with Crippen molar-refractivity contribution in [3.8, 4) is 5.75 Å². The Morgan fingerprint density at radius 1 is 1.34 bits per heavy atom. The topological polar surface area (TPSA) is 128 Å². The van der Waals surface area contributed by atoms with Crippen LogP contribution in [0.15, 0.2) is 18.2 Å². The highest BCUT2D eigenvalue weighted by Crippen LogP contribution is 2.30. The van der Waals surface area contributed by atoms with Crippen molar-refractivity contribution < 1.29 is 29.6 Å². The second-order valence-electron chi connectivity index (χ2n) is 8.34. The molecule has 0 aliphatic carbocycles. The Morgan fingerprint density at radius 2 is 2.10 bits per heavy atom. The van der Waals surface area contributed by atoms with E-state index in [0.29, 0.717) is 24.8 Å². The van der Waals surface area contributed by atoms with Crippen LogP contribution in [0.4, 0.5) is 0 Å². The minimum Gasteiger partial charge on any atom is -0.507 e. The smallest absolute Gasteiger partial charge is 0.342 e. The highest BCUT2D eigenvalue weighted by Gasteiger charge is 2.38. The van der Waals surface area contributed by atoms with E-state index in [1.165, 1.54) is 6.07 Å². The third kappa shape index (κ3) is 4.88. The van der Waals surface area contributed by atoms with Crippen molar-refractivity contribution >= 4 is 11.9 Å². The molecule has 0 radical (unpaired) electrons. The van der Waals surface area contributed by atoms with Gasteiger partial charge in [0.25, 0.3) is 5.91 Å². The van der Waals surface area contributed by atoms with Gasteiger partial charge in [0, 0.05) is 12.5 Å². The van der Waals surface area contributed by atoms with E-state index in [2.05, 4.69) is 10.6 Å². The summed E-state index contributed by atoms with van der Waals surface area (Å²) in [5.74, 6) is -1.25. The van der Waals surface area contributed by atoms with E-state index < -0.39 is 36.2 Å². The fourth-order valence-electron chi connectivity index (χ4n) is 4.13. The Balaban J connectivity index is 1.72. The first kappa shape index (κ1) is 21.5. The minimum atomic E-state index is -1.57. The van der Waals surface area contributed by atoms with Gasteiger partial charge in [-0.2, -0.15) is 0 Å². The SMILES string of the molecule is CC(C)C[C@@H](NC(=O)[C@@H](O)[C@@H](O)[C@H]1CCCN1)[C@@H]1Cc2cccc(O)c2C(=O)O1. The summed E-state index contributed by atoms with van der Waals surface area (Å²) in [6, 6.07) is 4.00. The maximum atomic E-state index is 12.6. The summed E-state index contributed by atoms with van der Waals surface area (Å²) in [5.41, 5.74) is 0.811. The maximum Gasteiger partial charge on any atom is 0.342 e. The number of esters is 1. The second-order valence-corrected chi connectivity index (χ2v) is 8.34. The summed E-state index contributed by atoms with van der Waals surface area (Å²) in [7, 11) is 0. The zero-order valence-corrected chi connectivity index (χ0v) is 16.8. The summed E-state index contributed by atoms with van der Waals surface area (Å²) in [4.78, 5) is 25.0. The third-order valence-corrected chi connectivity index (χ3v) is 5.62. The van der Waals surface area contributed by atoms with Gasteiger partial charge in [0.05, 0.1) is 6.04 Å². The summed E-state index contributed by atoms with van der Waals surface area (Å²) in [6.45, 7) is 4.71. The highest BCUT2D eigenvalue weighted by atomic mass is 16.5. The Kier molecular flexibility index (Phi) is 6.77. The number of amides is 1. The number of aliphatic hydroxyl groups excluding tert-OH is 2. The van der Waals surface area contributed by atoms with Gasteiger partial charge in [-0.25, -0.2) is 4.79 Å². The molecule has 2 aliphatic heterocycles. The molecule has 1 amide bonds. The predicted octanol–water partition coefficient (Wildman–Crippen LogP) is 0.478. The van der Waals surface area contributed by atoms with Gasteiger partial charge < -0.3 is 30.7 Å². The van der Waals surface area contributed by atoms with Crippen molar-refractivity contribution in [3.63, 3.8) is 0 Å². The van der Waals surface area contributed by atoms with Crippen molar-refractivity contribution in [1.82, 2.24) is 10.6 Å². The molecule has 2 heterocycles. The monoisotopic (exact) mass is 406 g/mol. The first-order valence-corrected chi connectivity index (χ1v) is 10.2. The molecule has 2 aliphatic rings. The average molecular weight is 406 g/mol. The Morgan fingerprint density at radius 3 is 2.76 bits per heavy atom. The van der Waals surface area contributed by atoms with Crippen LogP contribution in [0.3, 0.4) is 0 Å². The molecular weight excluding hydrogens is 376 g/mol. The van der Waals surface area contributed by atoms with Crippen molar-refractivity contribution in [1.29, 1.82) is 0 Å². The molecule has 0 saturated carbocycles. The van der Waals surface area contributed by atoms with E-state index in [1.807, 2.05) is 13.8 Å². The van der Waals surface area contributed by atoms with Gasteiger partial charge in [-0.15, -0.1) is 0 Å². The molecule has 1 aromatic rings. The number of benzene rings is 1. The van der Waals surface area contributed by atoms with Crippen LogP contribution < -0.4 is 10.6 Å². The molecule has 8 heteroatoms. The second kappa shape index (κ2) is 9.11. The molecule has 29 heavy (non-hydrogen) atoms. The Labute approximate surface area is 170 Å². The first-order chi connectivity index (χ1) is 13.8. The fraction of sp³-hybridized carbons (Fsp3) is 0.619. The number of phenols is 1. The summed E-state index contributed by atoms with van der Waals surface area (Å²) >= 11 is 0. The van der Waals surface area contributed by atoms with Crippen LogP contribution in [0.25, 0.3) is 0 Å². The average Bonchev–Trinajstić information content (AvgIpc) is 3.20. The lowest BCUT2D eigenvalue weighted by Gasteiger charge is -2.34. The van der Waals surface area contributed by atoms with Crippen LogP contribution in [0.2, 0.25) is 0 Å². The van der Waals surface area contributed by atoms with Gasteiger partial charge in [0.1, 0.15) is 23.5 Å². The lowest BCUT2D eigenvalue weighted by atomic mass is 9.90.